The first-order valence-electron chi connectivity index (χ1n) is 8.12. The summed E-state index contributed by atoms with van der Waals surface area (Å²) in [5.41, 5.74) is 3.04. The van der Waals surface area contributed by atoms with E-state index >= 15 is 0 Å². The lowest BCUT2D eigenvalue weighted by Crippen LogP contribution is -2.23. The molecule has 0 radical (unpaired) electrons. The number of benzene rings is 1. The molecule has 3 aromatic rings. The van der Waals surface area contributed by atoms with E-state index in [-0.39, 0.29) is 5.91 Å². The normalized spacial score (nSPS) is 10.8. The van der Waals surface area contributed by atoms with Gasteiger partial charge in [-0.3, -0.25) is 9.69 Å². The highest BCUT2D eigenvalue weighted by molar-refractivity contribution is 7.97. The molecule has 0 atom stereocenters. The summed E-state index contributed by atoms with van der Waals surface area (Å²) < 4.78 is 5.34. The van der Waals surface area contributed by atoms with Crippen molar-refractivity contribution >= 4 is 39.8 Å². The van der Waals surface area contributed by atoms with Crippen LogP contribution >= 0.6 is 23.1 Å². The molecule has 0 unspecified atom stereocenters. The molecule has 1 amide bonds. The number of rotatable bonds is 7. The maximum Gasteiger partial charge on any atom is 0.230 e. The van der Waals surface area contributed by atoms with E-state index in [1.165, 1.54) is 11.3 Å². The Labute approximate surface area is 155 Å². The first kappa shape index (κ1) is 17.8. The van der Waals surface area contributed by atoms with Crippen LogP contribution in [0.3, 0.4) is 0 Å². The molecule has 2 aromatic heterocycles. The predicted octanol–water partition coefficient (Wildman–Crippen LogP) is 5.42. The molecule has 1 aromatic carbocycles. The van der Waals surface area contributed by atoms with Gasteiger partial charge < -0.3 is 4.42 Å². The number of thiazole rings is 1. The van der Waals surface area contributed by atoms with E-state index < -0.39 is 0 Å². The average Bonchev–Trinajstić information content (AvgIpc) is 3.28. The average molecular weight is 373 g/mol. The molecule has 4 nitrogen and oxygen atoms in total. The number of hydrogen-bond acceptors (Lipinski definition) is 5. The van der Waals surface area contributed by atoms with Crippen LogP contribution in [0.1, 0.15) is 30.9 Å². The second-order valence-corrected chi connectivity index (χ2v) is 7.35. The van der Waals surface area contributed by atoms with Crippen molar-refractivity contribution in [1.82, 2.24) is 4.98 Å². The molecule has 0 saturated carbocycles. The van der Waals surface area contributed by atoms with Gasteiger partial charge in [0, 0.05) is 18.1 Å². The molecule has 25 heavy (non-hydrogen) atoms. The van der Waals surface area contributed by atoms with Crippen LogP contribution in [0.2, 0.25) is 0 Å². The van der Waals surface area contributed by atoms with Gasteiger partial charge in [0.05, 0.1) is 23.4 Å². The first-order valence-corrected chi connectivity index (χ1v) is 10.2. The van der Waals surface area contributed by atoms with Crippen LogP contribution in [0.5, 0.6) is 0 Å². The van der Waals surface area contributed by atoms with Gasteiger partial charge >= 0.3 is 0 Å². The predicted molar refractivity (Wildman–Crippen MR) is 104 cm³/mol. The van der Waals surface area contributed by atoms with Crippen molar-refractivity contribution in [2.45, 2.75) is 31.8 Å². The van der Waals surface area contributed by atoms with Gasteiger partial charge in [0.2, 0.25) is 5.91 Å². The first-order chi connectivity index (χ1) is 12.2. The number of para-hydroxylation sites is 1. The lowest BCUT2D eigenvalue weighted by Gasteiger charge is -2.20. The van der Waals surface area contributed by atoms with E-state index in [2.05, 4.69) is 18.0 Å². The van der Waals surface area contributed by atoms with E-state index in [9.17, 15) is 4.79 Å². The summed E-state index contributed by atoms with van der Waals surface area (Å²) >= 11 is 3.25. The van der Waals surface area contributed by atoms with Gasteiger partial charge in [0.1, 0.15) is 5.76 Å². The van der Waals surface area contributed by atoms with Crippen molar-refractivity contribution in [3.8, 4) is 0 Å². The molecule has 0 N–H and O–H groups in total. The number of nitrogens with zero attached hydrogens (tertiary/aromatic N) is 2. The van der Waals surface area contributed by atoms with Gasteiger partial charge in [-0.15, -0.1) is 23.1 Å². The largest absolute Gasteiger partial charge is 0.468 e. The lowest BCUT2D eigenvalue weighted by molar-refractivity contribution is -0.115. The van der Waals surface area contributed by atoms with Crippen molar-refractivity contribution in [3.05, 3.63) is 65.1 Å². The molecule has 0 spiro atoms. The molecular formula is C19H20N2O2S2. The molecule has 0 aliphatic carbocycles. The number of carbonyl (C=O) groups excluding carboxylic acids is 1. The zero-order valence-electron chi connectivity index (χ0n) is 14.3. The second-order valence-electron chi connectivity index (χ2n) is 5.53. The molecule has 0 aliphatic heterocycles. The van der Waals surface area contributed by atoms with E-state index in [1.54, 1.807) is 29.8 Å². The quantitative estimate of drug-likeness (QED) is 0.556. The number of carbonyl (C=O) groups is 1. The molecular weight excluding hydrogens is 352 g/mol. The van der Waals surface area contributed by atoms with Crippen LogP contribution < -0.4 is 4.90 Å². The Balaban J connectivity index is 1.74. The fraction of sp³-hybridized carbons (Fsp3) is 0.263. The summed E-state index contributed by atoms with van der Waals surface area (Å²) in [6.45, 7) is 3.68. The van der Waals surface area contributed by atoms with Crippen LogP contribution in [-0.4, -0.2) is 10.9 Å². The molecule has 6 heteroatoms. The third-order valence-corrected chi connectivity index (χ3v) is 5.60. The maximum absolute atomic E-state index is 12.3. The smallest absolute Gasteiger partial charge is 0.230 e. The third-order valence-electron chi connectivity index (χ3n) is 3.73. The Kier molecular flexibility index (Phi) is 5.94. The summed E-state index contributed by atoms with van der Waals surface area (Å²) in [5, 5.41) is 2.75. The van der Waals surface area contributed by atoms with Gasteiger partial charge in [0.15, 0.2) is 5.13 Å². The number of amides is 1. The summed E-state index contributed by atoms with van der Waals surface area (Å²) in [6, 6.07) is 11.9. The summed E-state index contributed by atoms with van der Waals surface area (Å²) in [7, 11) is 0. The van der Waals surface area contributed by atoms with E-state index in [0.29, 0.717) is 0 Å². The summed E-state index contributed by atoms with van der Waals surface area (Å²) in [5.74, 6) is 2.54. The number of aromatic nitrogens is 1. The van der Waals surface area contributed by atoms with E-state index in [0.717, 1.165) is 45.8 Å². The van der Waals surface area contributed by atoms with Crippen molar-refractivity contribution in [1.29, 1.82) is 0 Å². The van der Waals surface area contributed by atoms with Gasteiger partial charge in [0.25, 0.3) is 0 Å². The van der Waals surface area contributed by atoms with E-state index in [1.807, 2.05) is 35.7 Å². The maximum atomic E-state index is 12.3. The highest BCUT2D eigenvalue weighted by Crippen LogP contribution is 2.32. The van der Waals surface area contributed by atoms with Crippen LogP contribution in [-0.2, 0) is 22.7 Å². The monoisotopic (exact) mass is 372 g/mol. The van der Waals surface area contributed by atoms with Crippen LogP contribution in [0, 0.1) is 0 Å². The number of hydrogen-bond donors (Lipinski definition) is 0. The van der Waals surface area contributed by atoms with Gasteiger partial charge in [-0.05, 0) is 30.2 Å². The summed E-state index contributed by atoms with van der Waals surface area (Å²) in [4.78, 5) is 18.7. The molecule has 2 heterocycles. The standard InChI is InChI=1S/C19H20N2O2S2/c1-3-15-7-4-5-9-18(15)21(14(2)22)19-20-16(12-25-19)11-24-13-17-8-6-10-23-17/h4-10,12H,3,11,13H2,1-2H3. The molecule has 0 saturated heterocycles. The Hall–Kier alpha value is -2.05. The van der Waals surface area contributed by atoms with Crippen molar-refractivity contribution < 1.29 is 9.21 Å². The zero-order chi connectivity index (χ0) is 17.6. The third kappa shape index (κ3) is 4.32. The molecule has 0 aliphatic rings. The topological polar surface area (TPSA) is 46.3 Å². The minimum Gasteiger partial charge on any atom is -0.468 e. The lowest BCUT2D eigenvalue weighted by atomic mass is 10.1. The minimum atomic E-state index is -0.0231. The van der Waals surface area contributed by atoms with Crippen molar-refractivity contribution in [2.24, 2.45) is 0 Å². The Morgan fingerprint density at radius 1 is 1.24 bits per heavy atom. The van der Waals surface area contributed by atoms with E-state index in [4.69, 9.17) is 4.42 Å². The Morgan fingerprint density at radius 3 is 2.80 bits per heavy atom. The fourth-order valence-corrected chi connectivity index (χ4v) is 4.36. The SMILES string of the molecule is CCc1ccccc1N(C(C)=O)c1nc(CSCc2ccco2)cs1. The minimum absolute atomic E-state index is 0.0231. The van der Waals surface area contributed by atoms with Gasteiger partial charge in [-0.2, -0.15) is 0 Å². The number of aryl methyl sites for hydroxylation is 1. The van der Waals surface area contributed by atoms with Gasteiger partial charge in [-0.1, -0.05) is 25.1 Å². The summed E-state index contributed by atoms with van der Waals surface area (Å²) in [6.07, 6.45) is 2.56. The molecule has 3 rings (SSSR count). The van der Waals surface area contributed by atoms with Crippen molar-refractivity contribution in [3.63, 3.8) is 0 Å². The van der Waals surface area contributed by atoms with Crippen LogP contribution in [0.15, 0.2) is 52.5 Å². The highest BCUT2D eigenvalue weighted by atomic mass is 32.2. The Morgan fingerprint density at radius 2 is 2.08 bits per heavy atom. The molecule has 0 fully saturated rings. The molecule has 0 bridgehead atoms. The van der Waals surface area contributed by atoms with Crippen molar-refractivity contribution in [2.75, 3.05) is 4.90 Å². The Bertz CT molecular complexity index is 828. The number of thioether (sulfide) groups is 1. The van der Waals surface area contributed by atoms with Crippen LogP contribution in [0.4, 0.5) is 10.8 Å². The molecule has 130 valence electrons. The number of anilines is 2. The number of furan rings is 1. The second kappa shape index (κ2) is 8.36. The zero-order valence-corrected chi connectivity index (χ0v) is 15.9. The van der Waals surface area contributed by atoms with Crippen LogP contribution in [0.25, 0.3) is 0 Å². The van der Waals surface area contributed by atoms with Gasteiger partial charge in [-0.25, -0.2) is 4.98 Å². The fourth-order valence-electron chi connectivity index (χ4n) is 2.55. The highest BCUT2D eigenvalue weighted by Gasteiger charge is 2.20.